The van der Waals surface area contributed by atoms with Gasteiger partial charge in [-0.05, 0) is 42.0 Å². The second-order valence-corrected chi connectivity index (χ2v) is 7.82. The second-order valence-electron chi connectivity index (χ2n) is 6.97. The molecule has 0 unspecified atom stereocenters. The Morgan fingerprint density at radius 3 is 2.56 bits per heavy atom. The summed E-state index contributed by atoms with van der Waals surface area (Å²) in [6.45, 7) is 2.19. The molecule has 2 N–H and O–H groups in total. The van der Waals surface area contributed by atoms with Crippen LogP contribution < -0.4 is 15.4 Å². The van der Waals surface area contributed by atoms with Gasteiger partial charge < -0.3 is 14.5 Å². The van der Waals surface area contributed by atoms with E-state index in [0.29, 0.717) is 41.1 Å². The number of hydrogen-bond donors (Lipinski definition) is 2. The van der Waals surface area contributed by atoms with Crippen molar-refractivity contribution in [3.63, 3.8) is 0 Å². The molecule has 0 fully saturated rings. The van der Waals surface area contributed by atoms with Crippen molar-refractivity contribution in [3.05, 3.63) is 89.0 Å². The number of carbonyl (C=O) groups is 2. The van der Waals surface area contributed by atoms with Crippen LogP contribution in [0.25, 0.3) is 11.5 Å². The smallest absolute Gasteiger partial charge is 0.257 e. The predicted octanol–water partition coefficient (Wildman–Crippen LogP) is 4.87. The summed E-state index contributed by atoms with van der Waals surface area (Å²) in [5.74, 6) is 1.63. The van der Waals surface area contributed by atoms with Crippen molar-refractivity contribution in [1.82, 2.24) is 10.3 Å². The molecule has 0 saturated heterocycles. The van der Waals surface area contributed by atoms with Crippen LogP contribution in [-0.2, 0) is 17.9 Å². The maximum Gasteiger partial charge on any atom is 0.257 e. The zero-order chi connectivity index (χ0) is 22.3. The molecule has 0 atom stereocenters. The lowest BCUT2D eigenvalue weighted by atomic mass is 10.1. The molecule has 162 valence electrons. The molecule has 4 rings (SSSR count). The average molecular weight is 448 g/mol. The van der Waals surface area contributed by atoms with Crippen molar-refractivity contribution in [1.29, 1.82) is 0 Å². The molecule has 0 spiro atoms. The molecule has 0 saturated carbocycles. The standard InChI is InChI=1S/C24H21N3O4S/c1-16(28)25-13-20-11-12-22(31-20)21-15-32-24(26-21)27-23(29)18-9-7-17(8-10-18)14-30-19-5-3-2-4-6-19/h2-12,15H,13-14H2,1H3,(H,25,28)(H,26,27,29). The normalized spacial score (nSPS) is 10.5. The molecule has 0 aliphatic rings. The lowest BCUT2D eigenvalue weighted by Crippen LogP contribution is -2.18. The van der Waals surface area contributed by atoms with Gasteiger partial charge in [0.25, 0.3) is 5.91 Å². The van der Waals surface area contributed by atoms with Crippen molar-refractivity contribution >= 4 is 28.3 Å². The third-order valence-corrected chi connectivity index (χ3v) is 5.27. The van der Waals surface area contributed by atoms with Crippen LogP contribution in [0.5, 0.6) is 5.75 Å². The number of aromatic nitrogens is 1. The van der Waals surface area contributed by atoms with Gasteiger partial charge in [-0.3, -0.25) is 14.9 Å². The lowest BCUT2D eigenvalue weighted by Gasteiger charge is -2.07. The van der Waals surface area contributed by atoms with Crippen molar-refractivity contribution < 1.29 is 18.7 Å². The third kappa shape index (κ3) is 5.61. The Hall–Kier alpha value is -3.91. The number of hydrogen-bond acceptors (Lipinski definition) is 6. The first-order valence-electron chi connectivity index (χ1n) is 9.94. The molecular formula is C24H21N3O4S. The van der Waals surface area contributed by atoms with E-state index in [4.69, 9.17) is 9.15 Å². The van der Waals surface area contributed by atoms with Gasteiger partial charge >= 0.3 is 0 Å². The number of carbonyl (C=O) groups excluding carboxylic acids is 2. The van der Waals surface area contributed by atoms with E-state index in [1.807, 2.05) is 42.5 Å². The Bertz CT molecular complexity index is 1200. The summed E-state index contributed by atoms with van der Waals surface area (Å²) in [5, 5.41) is 7.77. The second kappa shape index (κ2) is 9.93. The van der Waals surface area contributed by atoms with Crippen LogP contribution in [-0.4, -0.2) is 16.8 Å². The first-order valence-corrected chi connectivity index (χ1v) is 10.8. The minimum atomic E-state index is -0.243. The van der Waals surface area contributed by atoms with Gasteiger partial charge in [0.05, 0.1) is 6.54 Å². The Morgan fingerprint density at radius 2 is 1.81 bits per heavy atom. The predicted molar refractivity (Wildman–Crippen MR) is 123 cm³/mol. The number of benzene rings is 2. The van der Waals surface area contributed by atoms with Crippen molar-refractivity contribution in [2.24, 2.45) is 0 Å². The Labute approximate surface area is 189 Å². The summed E-state index contributed by atoms with van der Waals surface area (Å²) < 4.78 is 11.4. The van der Waals surface area contributed by atoms with E-state index >= 15 is 0 Å². The number of amides is 2. The van der Waals surface area contributed by atoms with E-state index in [-0.39, 0.29) is 11.8 Å². The summed E-state index contributed by atoms with van der Waals surface area (Å²) in [6.07, 6.45) is 0. The van der Waals surface area contributed by atoms with E-state index in [2.05, 4.69) is 15.6 Å². The highest BCUT2D eigenvalue weighted by molar-refractivity contribution is 7.14. The van der Waals surface area contributed by atoms with Crippen LogP contribution in [0.4, 0.5) is 5.13 Å². The molecule has 0 aliphatic heterocycles. The zero-order valence-electron chi connectivity index (χ0n) is 17.3. The fourth-order valence-corrected chi connectivity index (χ4v) is 3.57. The van der Waals surface area contributed by atoms with Gasteiger partial charge in [0.2, 0.25) is 5.91 Å². The molecule has 4 aromatic rings. The Morgan fingerprint density at radius 1 is 1.03 bits per heavy atom. The van der Waals surface area contributed by atoms with E-state index in [9.17, 15) is 9.59 Å². The number of nitrogens with zero attached hydrogens (tertiary/aromatic N) is 1. The van der Waals surface area contributed by atoms with Crippen molar-refractivity contribution in [2.45, 2.75) is 20.1 Å². The Kier molecular flexibility index (Phi) is 6.62. The van der Waals surface area contributed by atoms with Crippen LogP contribution in [0.2, 0.25) is 0 Å². The number of anilines is 1. The molecule has 2 aromatic heterocycles. The van der Waals surface area contributed by atoms with E-state index in [1.165, 1.54) is 18.3 Å². The number of para-hydroxylation sites is 1. The van der Waals surface area contributed by atoms with Crippen molar-refractivity contribution in [2.75, 3.05) is 5.32 Å². The van der Waals surface area contributed by atoms with Crippen LogP contribution in [0.15, 0.2) is 76.5 Å². The monoisotopic (exact) mass is 447 g/mol. The molecule has 7 nitrogen and oxygen atoms in total. The summed E-state index contributed by atoms with van der Waals surface area (Å²) in [5.41, 5.74) is 2.11. The van der Waals surface area contributed by atoms with Crippen molar-refractivity contribution in [3.8, 4) is 17.2 Å². The molecule has 2 aromatic carbocycles. The average Bonchev–Trinajstić information content (AvgIpc) is 3.47. The van der Waals surface area contributed by atoms with E-state index in [0.717, 1.165) is 11.3 Å². The molecule has 2 amide bonds. The first-order chi connectivity index (χ1) is 15.6. The molecule has 0 radical (unpaired) electrons. The van der Waals surface area contributed by atoms with E-state index in [1.54, 1.807) is 29.6 Å². The summed E-state index contributed by atoms with van der Waals surface area (Å²) in [6, 6.07) is 20.4. The quantitative estimate of drug-likeness (QED) is 0.402. The fourth-order valence-electron chi connectivity index (χ4n) is 2.87. The number of rotatable bonds is 8. The fraction of sp³-hybridized carbons (Fsp3) is 0.125. The third-order valence-electron chi connectivity index (χ3n) is 4.52. The van der Waals surface area contributed by atoms with Crippen LogP contribution in [0.1, 0.15) is 28.6 Å². The van der Waals surface area contributed by atoms with Gasteiger partial charge in [0.15, 0.2) is 10.9 Å². The van der Waals surface area contributed by atoms with Gasteiger partial charge in [0.1, 0.15) is 23.8 Å². The molecular weight excluding hydrogens is 426 g/mol. The van der Waals surface area contributed by atoms with Gasteiger partial charge in [-0.1, -0.05) is 30.3 Å². The first kappa shape index (κ1) is 21.3. The molecule has 0 bridgehead atoms. The maximum atomic E-state index is 12.6. The minimum Gasteiger partial charge on any atom is -0.489 e. The molecule has 0 aliphatic carbocycles. The highest BCUT2D eigenvalue weighted by Crippen LogP contribution is 2.27. The van der Waals surface area contributed by atoms with E-state index < -0.39 is 0 Å². The summed E-state index contributed by atoms with van der Waals surface area (Å²) in [4.78, 5) is 28.0. The summed E-state index contributed by atoms with van der Waals surface area (Å²) in [7, 11) is 0. The summed E-state index contributed by atoms with van der Waals surface area (Å²) >= 11 is 1.31. The molecule has 2 heterocycles. The van der Waals surface area contributed by atoms with Crippen LogP contribution >= 0.6 is 11.3 Å². The van der Waals surface area contributed by atoms with Gasteiger partial charge in [-0.15, -0.1) is 11.3 Å². The minimum absolute atomic E-state index is 0.127. The largest absolute Gasteiger partial charge is 0.489 e. The number of ether oxygens (including phenoxy) is 1. The Balaban J connectivity index is 1.33. The zero-order valence-corrected chi connectivity index (χ0v) is 18.1. The number of nitrogens with one attached hydrogen (secondary N) is 2. The SMILES string of the molecule is CC(=O)NCc1ccc(-c2csc(NC(=O)c3ccc(COc4ccccc4)cc3)n2)o1. The molecule has 32 heavy (non-hydrogen) atoms. The highest BCUT2D eigenvalue weighted by atomic mass is 32.1. The number of furan rings is 1. The maximum absolute atomic E-state index is 12.6. The van der Waals surface area contributed by atoms with Gasteiger partial charge in [-0.2, -0.15) is 0 Å². The highest BCUT2D eigenvalue weighted by Gasteiger charge is 2.13. The topological polar surface area (TPSA) is 93.5 Å². The van der Waals surface area contributed by atoms with Crippen LogP contribution in [0, 0.1) is 0 Å². The molecule has 8 heteroatoms. The van der Waals surface area contributed by atoms with Crippen LogP contribution in [0.3, 0.4) is 0 Å². The van der Waals surface area contributed by atoms with Gasteiger partial charge in [-0.25, -0.2) is 4.98 Å². The number of thiazole rings is 1. The lowest BCUT2D eigenvalue weighted by molar-refractivity contribution is -0.119. The van der Waals surface area contributed by atoms with Gasteiger partial charge in [0, 0.05) is 17.9 Å².